The van der Waals surface area contributed by atoms with E-state index in [1.54, 1.807) is 15.1 Å². The van der Waals surface area contributed by atoms with Crippen LogP contribution in [-0.4, -0.2) is 102 Å². The van der Waals surface area contributed by atoms with Crippen LogP contribution in [0.3, 0.4) is 0 Å². The van der Waals surface area contributed by atoms with Crippen LogP contribution >= 0.6 is 0 Å². The number of epoxide rings is 1. The van der Waals surface area contributed by atoms with Crippen LogP contribution in [0.25, 0.3) is 0 Å². The van der Waals surface area contributed by atoms with Gasteiger partial charge in [-0.3, -0.25) is 4.79 Å². The summed E-state index contributed by atoms with van der Waals surface area (Å²) in [6.07, 6.45) is 5.01. The molecule has 0 radical (unpaired) electrons. The lowest BCUT2D eigenvalue weighted by Gasteiger charge is -2.47. The number of carbonyl (C=O) groups excluding carboxylic acids is 3. The molecule has 252 valence electrons. The third-order valence-corrected chi connectivity index (χ3v) is 8.39. The molecule has 1 aliphatic carbocycles. The van der Waals surface area contributed by atoms with E-state index in [0.29, 0.717) is 39.3 Å². The fourth-order valence-electron chi connectivity index (χ4n) is 5.78. The summed E-state index contributed by atoms with van der Waals surface area (Å²) in [5.74, 6) is -0.135. The summed E-state index contributed by atoms with van der Waals surface area (Å²) in [5, 5.41) is 11.3. The van der Waals surface area contributed by atoms with Crippen molar-refractivity contribution in [2.45, 2.75) is 110 Å². The Hall–Kier alpha value is -2.35. The Balaban J connectivity index is 1.79. The predicted molar refractivity (Wildman–Crippen MR) is 171 cm³/mol. The zero-order chi connectivity index (χ0) is 32.8. The van der Waals surface area contributed by atoms with E-state index in [1.807, 2.05) is 47.6 Å². The molecule has 4 N–H and O–H groups in total. The predicted octanol–water partition coefficient (Wildman–Crippen LogP) is 2.60. The molecule has 12 nitrogen and oxygen atoms in total. The molecule has 13 heteroatoms. The lowest BCUT2D eigenvalue weighted by molar-refractivity contribution is -0.172. The number of alkyl carbamates (subject to hydrolysis) is 2. The number of allylic oxidation sites excluding steroid dienone is 1. The molecular weight excluding hydrogens is 567 g/mol. The highest BCUT2D eigenvalue weighted by atomic mass is 16.6. The van der Waals surface area contributed by atoms with Gasteiger partial charge in [-0.2, -0.15) is 0 Å². The van der Waals surface area contributed by atoms with Gasteiger partial charge in [-0.25, -0.2) is 9.59 Å². The van der Waals surface area contributed by atoms with Crippen LogP contribution in [0, 0.1) is 11.8 Å². The molecule has 1 heterocycles. The third-order valence-electron chi connectivity index (χ3n) is 8.39. The molecule has 1 aliphatic heterocycles. The molecular formula is C31H57BN4O8. The monoisotopic (exact) mass is 624 g/mol. The lowest BCUT2D eigenvalue weighted by Crippen LogP contribution is -2.59. The van der Waals surface area contributed by atoms with E-state index in [0.717, 1.165) is 32.1 Å². The maximum absolute atomic E-state index is 13.1. The Bertz CT molecular complexity index is 940. The Labute approximate surface area is 264 Å². The van der Waals surface area contributed by atoms with E-state index in [-0.39, 0.29) is 30.0 Å². The number of unbranched alkanes of at least 4 members (excludes halogenated alkanes) is 3. The zero-order valence-electron chi connectivity index (χ0n) is 28.2. The minimum Gasteiger partial charge on any atom is -0.447 e. The highest BCUT2D eigenvalue weighted by Crippen LogP contribution is 2.52. The van der Waals surface area contributed by atoms with E-state index in [2.05, 4.69) is 21.2 Å². The first kappa shape index (κ1) is 37.8. The van der Waals surface area contributed by atoms with Gasteiger partial charge in [0.05, 0.1) is 37.0 Å². The zero-order valence-corrected chi connectivity index (χ0v) is 28.2. The second kappa shape index (κ2) is 18.6. The molecule has 0 aromatic heterocycles. The van der Waals surface area contributed by atoms with Gasteiger partial charge < -0.3 is 44.9 Å². The molecule has 2 fully saturated rings. The van der Waals surface area contributed by atoms with Gasteiger partial charge in [0.1, 0.15) is 18.8 Å². The summed E-state index contributed by atoms with van der Waals surface area (Å²) in [7, 11) is 3.37. The summed E-state index contributed by atoms with van der Waals surface area (Å²) < 4.78 is 29.6. The summed E-state index contributed by atoms with van der Waals surface area (Å²) in [4.78, 5) is 36.7. The van der Waals surface area contributed by atoms with Gasteiger partial charge in [0, 0.05) is 26.1 Å². The molecule has 3 unspecified atom stereocenters. The smallest absolute Gasteiger partial charge is 0.407 e. The number of methoxy groups -OCH3 is 1. The van der Waals surface area contributed by atoms with Gasteiger partial charge in [-0.15, -0.1) is 0 Å². The fourth-order valence-corrected chi connectivity index (χ4v) is 5.78. The Morgan fingerprint density at radius 2 is 1.73 bits per heavy atom. The van der Waals surface area contributed by atoms with Gasteiger partial charge in [0.25, 0.3) is 0 Å². The summed E-state index contributed by atoms with van der Waals surface area (Å²) in [5.41, 5.74) is 0.268. The average molecular weight is 625 g/mol. The van der Waals surface area contributed by atoms with Crippen LogP contribution in [0.4, 0.5) is 9.59 Å². The molecule has 2 aliphatic rings. The number of nitrogens with one attached hydrogen (secondary N) is 4. The molecule has 5 atom stereocenters. The first-order valence-corrected chi connectivity index (χ1v) is 16.1. The summed E-state index contributed by atoms with van der Waals surface area (Å²) >= 11 is 0. The number of rotatable bonds is 19. The van der Waals surface area contributed by atoms with E-state index >= 15 is 0 Å². The average Bonchev–Trinajstić information content (AvgIpc) is 3.72. The van der Waals surface area contributed by atoms with E-state index in [9.17, 15) is 14.4 Å². The van der Waals surface area contributed by atoms with Crippen LogP contribution in [0.1, 0.15) is 80.1 Å². The molecule has 0 aromatic carbocycles. The second-order valence-corrected chi connectivity index (χ2v) is 13.0. The normalized spacial score (nSPS) is 23.5. The van der Waals surface area contributed by atoms with Gasteiger partial charge in [0.2, 0.25) is 5.91 Å². The molecule has 1 spiro atoms. The van der Waals surface area contributed by atoms with Crippen molar-refractivity contribution in [1.29, 1.82) is 0 Å². The maximum Gasteiger partial charge on any atom is 0.407 e. The van der Waals surface area contributed by atoms with E-state index in [1.165, 1.54) is 5.57 Å². The maximum atomic E-state index is 13.1. The fraction of sp³-hybridized carbons (Fsp3) is 0.839. The number of carbonyl (C=O) groups is 3. The van der Waals surface area contributed by atoms with E-state index < -0.39 is 36.0 Å². The molecule has 1 saturated carbocycles. The van der Waals surface area contributed by atoms with Crippen LogP contribution in [0.5, 0.6) is 0 Å². The third kappa shape index (κ3) is 12.6. The summed E-state index contributed by atoms with van der Waals surface area (Å²) in [6, 6.07) is -0.422. The van der Waals surface area contributed by atoms with Crippen LogP contribution < -0.4 is 21.2 Å². The minimum absolute atomic E-state index is 0.00631. The number of hydrogen-bond donors (Lipinski definition) is 4. The Kier molecular flexibility index (Phi) is 16.0. The van der Waals surface area contributed by atoms with Crippen molar-refractivity contribution < 1.29 is 38.1 Å². The lowest BCUT2D eigenvalue weighted by atomic mass is 9.68. The molecule has 44 heavy (non-hydrogen) atoms. The van der Waals surface area contributed by atoms with Crippen molar-refractivity contribution in [3.63, 3.8) is 0 Å². The minimum atomic E-state index is -0.576. The first-order chi connectivity index (χ1) is 20.8. The van der Waals surface area contributed by atoms with Crippen molar-refractivity contribution >= 4 is 26.1 Å². The van der Waals surface area contributed by atoms with Crippen LogP contribution in [0.2, 0.25) is 0 Å². The highest BCUT2D eigenvalue weighted by Gasteiger charge is 2.64. The quantitative estimate of drug-likeness (QED) is 0.0737. The van der Waals surface area contributed by atoms with Gasteiger partial charge in [-0.1, -0.05) is 38.3 Å². The van der Waals surface area contributed by atoms with Crippen LogP contribution in [-0.2, 0) is 28.5 Å². The van der Waals surface area contributed by atoms with Crippen molar-refractivity contribution in [2.75, 3.05) is 46.6 Å². The standard InChI is InChI=1S/C31H57BN4O8/c1-21(2)13-17-42-30(5,6)27-26(40-7)24(12-14-31(27)20-43-31)44-29(39)36-23(22(3)4)19-41-28(38)34-16-11-9-8-10-15-33-25(37)18-35-32/h13,22-24,26-27,35H,8-12,14-20,32H2,1-7H3,(H,33,37)(H,34,38)(H,36,39)/t23-,24?,26?,27?,31-/m0/s1. The SMILES string of the molecule is BNCC(=O)NCCCCCCNC(=O)OC[C@H](NC(=O)OC1CC[C@]2(CO2)C(C(C)(C)OCC=C(C)C)C1OC)C(C)C. The molecule has 1 saturated heterocycles. The van der Waals surface area contributed by atoms with Gasteiger partial charge in [0.15, 0.2) is 7.98 Å². The van der Waals surface area contributed by atoms with Crippen molar-refractivity contribution in [3.8, 4) is 0 Å². The molecule has 0 aromatic rings. The van der Waals surface area contributed by atoms with E-state index in [4.69, 9.17) is 23.7 Å². The largest absolute Gasteiger partial charge is 0.447 e. The number of ether oxygens (including phenoxy) is 5. The Morgan fingerprint density at radius 1 is 1.07 bits per heavy atom. The number of amides is 3. The van der Waals surface area contributed by atoms with Crippen molar-refractivity contribution in [3.05, 3.63) is 11.6 Å². The summed E-state index contributed by atoms with van der Waals surface area (Å²) in [6.45, 7) is 14.6. The number of hydrogen-bond acceptors (Lipinski definition) is 9. The van der Waals surface area contributed by atoms with Crippen LogP contribution in [0.15, 0.2) is 11.6 Å². The van der Waals surface area contributed by atoms with Gasteiger partial charge >= 0.3 is 12.2 Å². The second-order valence-electron chi connectivity index (χ2n) is 13.0. The molecule has 3 amide bonds. The van der Waals surface area contributed by atoms with Crippen molar-refractivity contribution in [1.82, 2.24) is 21.2 Å². The van der Waals surface area contributed by atoms with Gasteiger partial charge in [-0.05, 0) is 59.3 Å². The molecule has 0 bridgehead atoms. The van der Waals surface area contributed by atoms with Crippen molar-refractivity contribution in [2.24, 2.45) is 11.8 Å². The topological polar surface area (TPSA) is 149 Å². The highest BCUT2D eigenvalue weighted by molar-refractivity contribution is 6.06. The molecule has 2 rings (SSSR count). The first-order valence-electron chi connectivity index (χ1n) is 16.1. The Morgan fingerprint density at radius 3 is 2.30 bits per heavy atom.